The van der Waals surface area contributed by atoms with Gasteiger partial charge in [-0.25, -0.2) is 0 Å². The molecule has 1 rings (SSSR count). The third kappa shape index (κ3) is 4.21. The first kappa shape index (κ1) is 18.5. The lowest BCUT2D eigenvalue weighted by Crippen LogP contribution is -2.50. The predicted octanol–water partition coefficient (Wildman–Crippen LogP) is 4.11. The van der Waals surface area contributed by atoms with Crippen molar-refractivity contribution in [2.75, 3.05) is 19.8 Å². The molecule has 1 fully saturated rings. The van der Waals surface area contributed by atoms with Crippen molar-refractivity contribution >= 4 is 5.91 Å². The van der Waals surface area contributed by atoms with Gasteiger partial charge in [0.25, 0.3) is 0 Å². The number of carbonyl (C=O) groups excluding carboxylic acids is 1. The first-order valence-electron chi connectivity index (χ1n) is 8.79. The van der Waals surface area contributed by atoms with Crippen molar-refractivity contribution < 1.29 is 9.53 Å². The van der Waals surface area contributed by atoms with Crippen molar-refractivity contribution in [1.82, 2.24) is 4.90 Å². The second-order valence-electron chi connectivity index (χ2n) is 7.08. The summed E-state index contributed by atoms with van der Waals surface area (Å²) in [5.41, 5.74) is 0.0863. The number of rotatable bonds is 7. The molecule has 1 heterocycles. The highest BCUT2D eigenvalue weighted by Gasteiger charge is 2.44. The minimum absolute atomic E-state index is 0.0863. The van der Waals surface area contributed by atoms with Gasteiger partial charge < -0.3 is 9.64 Å². The maximum atomic E-state index is 13.3. The van der Waals surface area contributed by atoms with Crippen molar-refractivity contribution in [3.63, 3.8) is 0 Å². The van der Waals surface area contributed by atoms with Crippen LogP contribution in [0.1, 0.15) is 67.2 Å². The molecule has 3 heteroatoms. The van der Waals surface area contributed by atoms with Crippen LogP contribution in [0, 0.1) is 17.3 Å². The second kappa shape index (κ2) is 8.17. The zero-order valence-electron chi connectivity index (χ0n) is 14.9. The van der Waals surface area contributed by atoms with Gasteiger partial charge in [-0.15, -0.1) is 0 Å². The number of ether oxygens (including phenoxy) is 1. The van der Waals surface area contributed by atoms with Gasteiger partial charge in [-0.1, -0.05) is 34.6 Å². The molecule has 0 radical (unpaired) electrons. The second-order valence-corrected chi connectivity index (χ2v) is 7.08. The van der Waals surface area contributed by atoms with Gasteiger partial charge in [0.2, 0.25) is 5.91 Å². The quantitative estimate of drug-likeness (QED) is 0.707. The van der Waals surface area contributed by atoms with E-state index in [0.29, 0.717) is 17.9 Å². The SMILES string of the molecule is CCC(CC)N(CC)C(=O)C(C(C)C)C1(C)CCOCC1. The normalized spacial score (nSPS) is 19.8. The van der Waals surface area contributed by atoms with E-state index in [4.69, 9.17) is 4.74 Å². The maximum absolute atomic E-state index is 13.3. The fourth-order valence-electron chi connectivity index (χ4n) is 4.04. The smallest absolute Gasteiger partial charge is 0.226 e. The summed E-state index contributed by atoms with van der Waals surface area (Å²) >= 11 is 0. The van der Waals surface area contributed by atoms with Crippen LogP contribution in [0.3, 0.4) is 0 Å². The Morgan fingerprint density at radius 3 is 2.05 bits per heavy atom. The number of hydrogen-bond donors (Lipinski definition) is 0. The fourth-order valence-corrected chi connectivity index (χ4v) is 4.04. The van der Waals surface area contributed by atoms with Crippen molar-refractivity contribution in [1.29, 1.82) is 0 Å². The molecule has 1 unspecified atom stereocenters. The van der Waals surface area contributed by atoms with Crippen molar-refractivity contribution in [3.05, 3.63) is 0 Å². The molecule has 0 aromatic heterocycles. The van der Waals surface area contributed by atoms with Crippen molar-refractivity contribution in [2.24, 2.45) is 17.3 Å². The van der Waals surface area contributed by atoms with Crippen LogP contribution >= 0.6 is 0 Å². The Hall–Kier alpha value is -0.570. The van der Waals surface area contributed by atoms with E-state index in [2.05, 4.69) is 46.4 Å². The molecule has 0 aromatic rings. The third-order valence-electron chi connectivity index (χ3n) is 5.33. The first-order chi connectivity index (χ1) is 9.91. The minimum Gasteiger partial charge on any atom is -0.381 e. The van der Waals surface area contributed by atoms with Gasteiger partial charge in [0.1, 0.15) is 0 Å². The summed E-state index contributed by atoms with van der Waals surface area (Å²) in [6, 6.07) is 0.382. The van der Waals surface area contributed by atoms with Gasteiger partial charge in [0, 0.05) is 31.7 Å². The van der Waals surface area contributed by atoms with E-state index >= 15 is 0 Å². The van der Waals surface area contributed by atoms with Gasteiger partial charge in [-0.3, -0.25) is 4.79 Å². The van der Waals surface area contributed by atoms with Gasteiger partial charge in [-0.05, 0) is 43.9 Å². The molecule has 1 saturated heterocycles. The van der Waals surface area contributed by atoms with E-state index in [-0.39, 0.29) is 11.3 Å². The molecule has 0 N–H and O–H groups in total. The molecule has 1 aliphatic heterocycles. The summed E-state index contributed by atoms with van der Waals surface area (Å²) in [6.07, 6.45) is 4.09. The molecule has 1 atom stereocenters. The molecular weight excluding hydrogens is 262 g/mol. The highest BCUT2D eigenvalue weighted by Crippen LogP contribution is 2.42. The maximum Gasteiger partial charge on any atom is 0.226 e. The van der Waals surface area contributed by atoms with E-state index in [1.165, 1.54) is 0 Å². The monoisotopic (exact) mass is 297 g/mol. The van der Waals surface area contributed by atoms with Crippen LogP contribution in [0.2, 0.25) is 0 Å². The number of hydrogen-bond acceptors (Lipinski definition) is 2. The Morgan fingerprint density at radius 1 is 1.14 bits per heavy atom. The van der Waals surface area contributed by atoms with Crippen LogP contribution in [-0.2, 0) is 9.53 Å². The Kier molecular flexibility index (Phi) is 7.19. The summed E-state index contributed by atoms with van der Waals surface area (Å²) in [6.45, 7) is 15.6. The topological polar surface area (TPSA) is 29.5 Å². The molecule has 0 saturated carbocycles. The highest BCUT2D eigenvalue weighted by molar-refractivity contribution is 5.80. The molecule has 0 aliphatic carbocycles. The molecule has 0 bridgehead atoms. The van der Waals surface area contributed by atoms with E-state index in [0.717, 1.165) is 45.4 Å². The van der Waals surface area contributed by atoms with Crippen LogP contribution < -0.4 is 0 Å². The van der Waals surface area contributed by atoms with Crippen LogP contribution in [0.5, 0.6) is 0 Å². The first-order valence-corrected chi connectivity index (χ1v) is 8.79. The number of nitrogens with zero attached hydrogens (tertiary/aromatic N) is 1. The van der Waals surface area contributed by atoms with Crippen LogP contribution in [0.15, 0.2) is 0 Å². The standard InChI is InChI=1S/C18H35NO2/c1-7-15(8-2)19(9-3)17(20)16(14(4)5)18(6)10-12-21-13-11-18/h14-16H,7-13H2,1-6H3. The summed E-state index contributed by atoms with van der Waals surface area (Å²) in [5.74, 6) is 0.858. The van der Waals surface area contributed by atoms with Crippen molar-refractivity contribution in [2.45, 2.75) is 73.3 Å². The minimum atomic E-state index is 0.0863. The molecule has 0 aromatic carbocycles. The Labute approximate surface area is 131 Å². The van der Waals surface area contributed by atoms with Crippen molar-refractivity contribution in [3.8, 4) is 0 Å². The summed E-state index contributed by atoms with van der Waals surface area (Å²) in [5, 5.41) is 0. The number of carbonyl (C=O) groups is 1. The Morgan fingerprint density at radius 2 is 1.67 bits per heavy atom. The molecule has 124 valence electrons. The summed E-state index contributed by atoms with van der Waals surface area (Å²) < 4.78 is 5.53. The number of amides is 1. The van der Waals surface area contributed by atoms with Crippen LogP contribution in [-0.4, -0.2) is 36.6 Å². The van der Waals surface area contributed by atoms with E-state index in [9.17, 15) is 4.79 Å². The lowest BCUT2D eigenvalue weighted by Gasteiger charge is -2.45. The predicted molar refractivity (Wildman–Crippen MR) is 88.2 cm³/mol. The Bertz CT molecular complexity index is 317. The van der Waals surface area contributed by atoms with E-state index < -0.39 is 0 Å². The molecular formula is C18H35NO2. The largest absolute Gasteiger partial charge is 0.381 e. The average Bonchev–Trinajstić information content (AvgIpc) is 2.44. The fraction of sp³-hybridized carbons (Fsp3) is 0.944. The van der Waals surface area contributed by atoms with Crippen LogP contribution in [0.4, 0.5) is 0 Å². The highest BCUT2D eigenvalue weighted by atomic mass is 16.5. The molecule has 0 spiro atoms. The molecule has 1 aliphatic rings. The summed E-state index contributed by atoms with van der Waals surface area (Å²) in [7, 11) is 0. The zero-order valence-corrected chi connectivity index (χ0v) is 14.9. The van der Waals surface area contributed by atoms with E-state index in [1.54, 1.807) is 0 Å². The lowest BCUT2D eigenvalue weighted by atomic mass is 9.66. The lowest BCUT2D eigenvalue weighted by molar-refractivity contribution is -0.148. The summed E-state index contributed by atoms with van der Waals surface area (Å²) in [4.78, 5) is 15.4. The third-order valence-corrected chi connectivity index (χ3v) is 5.33. The van der Waals surface area contributed by atoms with Gasteiger partial charge in [-0.2, -0.15) is 0 Å². The average molecular weight is 297 g/mol. The zero-order chi connectivity index (χ0) is 16.0. The van der Waals surface area contributed by atoms with Gasteiger partial charge in [0.15, 0.2) is 0 Å². The van der Waals surface area contributed by atoms with Crippen LogP contribution in [0.25, 0.3) is 0 Å². The van der Waals surface area contributed by atoms with Gasteiger partial charge >= 0.3 is 0 Å². The van der Waals surface area contributed by atoms with Gasteiger partial charge in [0.05, 0.1) is 0 Å². The molecule has 1 amide bonds. The molecule has 3 nitrogen and oxygen atoms in total. The van der Waals surface area contributed by atoms with E-state index in [1.807, 2.05) is 0 Å². The molecule has 21 heavy (non-hydrogen) atoms. The Balaban J connectivity index is 3.00.